The summed E-state index contributed by atoms with van der Waals surface area (Å²) in [6.45, 7) is 0.316. The summed E-state index contributed by atoms with van der Waals surface area (Å²) in [4.78, 5) is 24.0. The first kappa shape index (κ1) is 14.7. The second-order valence-corrected chi connectivity index (χ2v) is 5.91. The lowest BCUT2D eigenvalue weighted by atomic mass is 10.3. The highest BCUT2D eigenvalue weighted by Gasteiger charge is 2.07. The van der Waals surface area contributed by atoms with E-state index in [0.717, 1.165) is 10.2 Å². The van der Waals surface area contributed by atoms with E-state index in [1.54, 1.807) is 6.07 Å². The number of carbonyl (C=O) groups excluding carboxylic acids is 2. The molecule has 4 nitrogen and oxygen atoms in total. The van der Waals surface area contributed by atoms with Gasteiger partial charge in [-0.05, 0) is 29.6 Å². The number of anilines is 1. The van der Waals surface area contributed by atoms with Crippen molar-refractivity contribution < 1.29 is 9.59 Å². The van der Waals surface area contributed by atoms with Crippen LogP contribution in [0, 0.1) is 0 Å². The van der Waals surface area contributed by atoms with E-state index in [9.17, 15) is 9.59 Å². The van der Waals surface area contributed by atoms with Crippen LogP contribution >= 0.6 is 27.3 Å². The maximum atomic E-state index is 11.7. The lowest BCUT2D eigenvalue weighted by molar-refractivity contribution is -0.116. The normalized spacial score (nSPS) is 10.1. The molecular weight excluding hydrogens is 340 g/mol. The highest BCUT2D eigenvalue weighted by molar-refractivity contribution is 9.10. The fourth-order valence-electron chi connectivity index (χ4n) is 1.57. The molecule has 1 aromatic heterocycles. The van der Waals surface area contributed by atoms with E-state index < -0.39 is 0 Å². The van der Waals surface area contributed by atoms with Crippen molar-refractivity contribution in [2.45, 2.75) is 6.42 Å². The topological polar surface area (TPSA) is 58.2 Å². The van der Waals surface area contributed by atoms with Crippen LogP contribution in [0.2, 0.25) is 0 Å². The monoisotopic (exact) mass is 352 g/mol. The number of rotatable bonds is 5. The van der Waals surface area contributed by atoms with Crippen LogP contribution in [0.25, 0.3) is 0 Å². The zero-order chi connectivity index (χ0) is 14.4. The van der Waals surface area contributed by atoms with Gasteiger partial charge in [0.2, 0.25) is 5.91 Å². The van der Waals surface area contributed by atoms with Gasteiger partial charge in [-0.1, -0.05) is 28.1 Å². The quantitative estimate of drug-likeness (QED) is 0.867. The van der Waals surface area contributed by atoms with E-state index in [2.05, 4.69) is 26.6 Å². The maximum Gasteiger partial charge on any atom is 0.261 e. The van der Waals surface area contributed by atoms with Gasteiger partial charge in [-0.2, -0.15) is 0 Å². The third-order valence-electron chi connectivity index (χ3n) is 2.49. The molecule has 0 spiro atoms. The van der Waals surface area contributed by atoms with Crippen molar-refractivity contribution in [1.82, 2.24) is 5.32 Å². The number of amides is 2. The van der Waals surface area contributed by atoms with Crippen molar-refractivity contribution in [1.29, 1.82) is 0 Å². The molecule has 0 aliphatic carbocycles. The average Bonchev–Trinajstić information content (AvgIpc) is 2.92. The Hall–Kier alpha value is -1.66. The number of halogens is 1. The molecular formula is C14H13BrN2O2S. The number of nitrogens with one attached hydrogen (secondary N) is 2. The van der Waals surface area contributed by atoms with Crippen molar-refractivity contribution in [3.63, 3.8) is 0 Å². The first-order valence-corrected chi connectivity index (χ1v) is 7.69. The summed E-state index contributed by atoms with van der Waals surface area (Å²) < 4.78 is 0.904. The van der Waals surface area contributed by atoms with Crippen molar-refractivity contribution in [2.24, 2.45) is 0 Å². The Kier molecular flexibility index (Phi) is 5.31. The lowest BCUT2D eigenvalue weighted by Gasteiger charge is -2.06. The third kappa shape index (κ3) is 4.47. The summed E-state index contributed by atoms with van der Waals surface area (Å²) in [5.74, 6) is -0.273. The summed E-state index contributed by atoms with van der Waals surface area (Å²) >= 11 is 4.71. The number of benzene rings is 1. The Morgan fingerprint density at radius 1 is 1.20 bits per heavy atom. The fraction of sp³-hybridized carbons (Fsp3) is 0.143. The number of thiophene rings is 1. The van der Waals surface area contributed by atoms with Crippen LogP contribution in [0.1, 0.15) is 16.1 Å². The Bertz CT molecular complexity index is 599. The SMILES string of the molecule is O=C(CCNC(=O)c1cccs1)Nc1cccc(Br)c1. The van der Waals surface area contributed by atoms with E-state index in [4.69, 9.17) is 0 Å². The summed E-state index contributed by atoms with van der Waals surface area (Å²) in [7, 11) is 0. The molecule has 20 heavy (non-hydrogen) atoms. The molecule has 2 amide bonds. The molecule has 2 rings (SSSR count). The number of hydrogen-bond donors (Lipinski definition) is 2. The van der Waals surface area contributed by atoms with Gasteiger partial charge in [-0.25, -0.2) is 0 Å². The molecule has 2 aromatic rings. The molecule has 0 bridgehead atoms. The van der Waals surface area contributed by atoms with Crippen LogP contribution < -0.4 is 10.6 Å². The summed E-state index contributed by atoms with van der Waals surface area (Å²) in [5.41, 5.74) is 0.731. The molecule has 0 atom stereocenters. The van der Waals surface area contributed by atoms with Gasteiger partial charge in [0.25, 0.3) is 5.91 Å². The first-order chi connectivity index (χ1) is 9.65. The number of hydrogen-bond acceptors (Lipinski definition) is 3. The highest BCUT2D eigenvalue weighted by atomic mass is 79.9. The molecule has 2 N–H and O–H groups in total. The Labute approximate surface area is 129 Å². The average molecular weight is 353 g/mol. The lowest BCUT2D eigenvalue weighted by Crippen LogP contribution is -2.27. The van der Waals surface area contributed by atoms with Crippen LogP contribution in [0.3, 0.4) is 0 Å². The molecule has 104 valence electrons. The zero-order valence-electron chi connectivity index (χ0n) is 10.6. The molecule has 0 aliphatic rings. The van der Waals surface area contributed by atoms with Gasteiger partial charge in [-0.15, -0.1) is 11.3 Å². The van der Waals surface area contributed by atoms with E-state index in [1.165, 1.54) is 11.3 Å². The minimum atomic E-state index is -0.143. The van der Waals surface area contributed by atoms with E-state index in [-0.39, 0.29) is 18.2 Å². The van der Waals surface area contributed by atoms with Gasteiger partial charge < -0.3 is 10.6 Å². The van der Waals surface area contributed by atoms with Gasteiger partial charge in [0.05, 0.1) is 4.88 Å². The summed E-state index contributed by atoms with van der Waals surface area (Å²) in [6, 6.07) is 10.9. The minimum absolute atomic E-state index is 0.130. The van der Waals surface area contributed by atoms with Crippen LogP contribution in [0.5, 0.6) is 0 Å². The van der Waals surface area contributed by atoms with Crippen molar-refractivity contribution in [3.8, 4) is 0 Å². The fourth-order valence-corrected chi connectivity index (χ4v) is 2.61. The second-order valence-electron chi connectivity index (χ2n) is 4.04. The Morgan fingerprint density at radius 3 is 2.75 bits per heavy atom. The van der Waals surface area contributed by atoms with Gasteiger partial charge in [-0.3, -0.25) is 9.59 Å². The predicted molar refractivity (Wildman–Crippen MR) is 84.0 cm³/mol. The van der Waals surface area contributed by atoms with Crippen molar-refractivity contribution in [2.75, 3.05) is 11.9 Å². The molecule has 6 heteroatoms. The molecule has 0 saturated heterocycles. The first-order valence-electron chi connectivity index (χ1n) is 6.02. The minimum Gasteiger partial charge on any atom is -0.351 e. The van der Waals surface area contributed by atoms with Crippen LogP contribution in [-0.4, -0.2) is 18.4 Å². The van der Waals surface area contributed by atoms with Crippen molar-refractivity contribution >= 4 is 44.8 Å². The Morgan fingerprint density at radius 2 is 2.05 bits per heavy atom. The van der Waals surface area contributed by atoms with Gasteiger partial charge in [0.1, 0.15) is 0 Å². The summed E-state index contributed by atoms with van der Waals surface area (Å²) in [6.07, 6.45) is 0.240. The molecule has 0 radical (unpaired) electrons. The van der Waals surface area contributed by atoms with Crippen LogP contribution in [-0.2, 0) is 4.79 Å². The standard InChI is InChI=1S/C14H13BrN2O2S/c15-10-3-1-4-11(9-10)17-13(18)6-7-16-14(19)12-5-2-8-20-12/h1-5,8-9H,6-7H2,(H,16,19)(H,17,18). The second kappa shape index (κ2) is 7.21. The van der Waals surface area contributed by atoms with Gasteiger partial charge >= 0.3 is 0 Å². The van der Waals surface area contributed by atoms with Crippen LogP contribution in [0.15, 0.2) is 46.3 Å². The molecule has 1 aromatic carbocycles. The smallest absolute Gasteiger partial charge is 0.261 e. The molecule has 1 heterocycles. The highest BCUT2D eigenvalue weighted by Crippen LogP contribution is 2.15. The van der Waals surface area contributed by atoms with E-state index in [0.29, 0.717) is 11.4 Å². The largest absolute Gasteiger partial charge is 0.351 e. The van der Waals surface area contributed by atoms with Gasteiger partial charge in [0.15, 0.2) is 0 Å². The van der Waals surface area contributed by atoms with E-state index in [1.807, 2.05) is 35.7 Å². The maximum absolute atomic E-state index is 11.7. The summed E-state index contributed by atoms with van der Waals surface area (Å²) in [5, 5.41) is 7.33. The molecule has 0 saturated carbocycles. The van der Waals surface area contributed by atoms with E-state index >= 15 is 0 Å². The molecule has 0 aliphatic heterocycles. The van der Waals surface area contributed by atoms with Gasteiger partial charge in [0, 0.05) is 23.1 Å². The third-order valence-corrected chi connectivity index (χ3v) is 3.85. The number of carbonyl (C=O) groups is 2. The Balaban J connectivity index is 1.74. The predicted octanol–water partition coefficient (Wildman–Crippen LogP) is 3.27. The van der Waals surface area contributed by atoms with Crippen LogP contribution in [0.4, 0.5) is 5.69 Å². The molecule has 0 unspecified atom stereocenters. The molecule has 0 fully saturated rings. The zero-order valence-corrected chi connectivity index (χ0v) is 13.0. The van der Waals surface area contributed by atoms with Crippen molar-refractivity contribution in [3.05, 3.63) is 51.1 Å².